The summed E-state index contributed by atoms with van der Waals surface area (Å²) in [4.78, 5) is 14.8. The van der Waals surface area contributed by atoms with Gasteiger partial charge >= 0.3 is 6.03 Å². The number of fused-ring (bicyclic) bond motifs is 1. The molecular weight excluding hydrogens is 318 g/mol. The Morgan fingerprint density at radius 3 is 2.44 bits per heavy atom. The normalized spacial score (nSPS) is 25.9. The SMILES string of the molecule is COc1cc2c(cc1OC)N(C(=O)NC1CC(C)NC(C)C1)CCC2. The van der Waals surface area contributed by atoms with Crippen LogP contribution in [0, 0.1) is 0 Å². The molecule has 1 aromatic carbocycles. The summed E-state index contributed by atoms with van der Waals surface area (Å²) in [6.45, 7) is 5.06. The van der Waals surface area contributed by atoms with Crippen LogP contribution >= 0.6 is 0 Å². The number of rotatable bonds is 3. The Labute approximate surface area is 149 Å². The van der Waals surface area contributed by atoms with Gasteiger partial charge in [-0.15, -0.1) is 0 Å². The molecule has 6 nitrogen and oxygen atoms in total. The highest BCUT2D eigenvalue weighted by atomic mass is 16.5. The molecule has 0 saturated carbocycles. The largest absolute Gasteiger partial charge is 0.493 e. The van der Waals surface area contributed by atoms with E-state index in [1.165, 1.54) is 0 Å². The number of nitrogens with one attached hydrogen (secondary N) is 2. The molecule has 0 spiro atoms. The first-order valence-electron chi connectivity index (χ1n) is 9.10. The number of methoxy groups -OCH3 is 2. The van der Waals surface area contributed by atoms with Gasteiger partial charge in [0.15, 0.2) is 11.5 Å². The first-order chi connectivity index (χ1) is 12.0. The molecule has 138 valence electrons. The molecule has 0 radical (unpaired) electrons. The van der Waals surface area contributed by atoms with E-state index in [4.69, 9.17) is 9.47 Å². The second kappa shape index (κ2) is 7.52. The van der Waals surface area contributed by atoms with Gasteiger partial charge in [0.05, 0.1) is 19.9 Å². The van der Waals surface area contributed by atoms with Crippen molar-refractivity contribution in [3.05, 3.63) is 17.7 Å². The third-order valence-electron chi connectivity index (χ3n) is 5.12. The number of hydrogen-bond donors (Lipinski definition) is 2. The maximum absolute atomic E-state index is 12.9. The highest BCUT2D eigenvalue weighted by Gasteiger charge is 2.29. The minimum absolute atomic E-state index is 0.0144. The number of ether oxygens (including phenoxy) is 2. The van der Waals surface area contributed by atoms with E-state index in [2.05, 4.69) is 24.5 Å². The van der Waals surface area contributed by atoms with Crippen molar-refractivity contribution < 1.29 is 14.3 Å². The molecule has 0 aromatic heterocycles. The molecule has 2 atom stereocenters. The third kappa shape index (κ3) is 3.84. The van der Waals surface area contributed by atoms with Crippen LogP contribution in [-0.2, 0) is 6.42 Å². The zero-order valence-corrected chi connectivity index (χ0v) is 15.6. The summed E-state index contributed by atoms with van der Waals surface area (Å²) in [5.74, 6) is 1.37. The standard InChI is InChI=1S/C19H29N3O3/c1-12-8-15(9-13(2)20-12)21-19(23)22-7-5-6-14-10-17(24-3)18(25-4)11-16(14)22/h10-13,15,20H,5-9H2,1-4H3,(H,21,23). The highest BCUT2D eigenvalue weighted by molar-refractivity contribution is 5.94. The van der Waals surface area contributed by atoms with E-state index < -0.39 is 0 Å². The molecule has 1 saturated heterocycles. The van der Waals surface area contributed by atoms with Gasteiger partial charge in [-0.25, -0.2) is 4.79 Å². The molecule has 1 fully saturated rings. The Kier molecular flexibility index (Phi) is 5.37. The number of urea groups is 1. The fourth-order valence-electron chi connectivity index (χ4n) is 4.06. The molecule has 6 heteroatoms. The van der Waals surface area contributed by atoms with Crippen molar-refractivity contribution in [1.82, 2.24) is 10.6 Å². The van der Waals surface area contributed by atoms with E-state index in [0.717, 1.165) is 43.5 Å². The van der Waals surface area contributed by atoms with Crippen LogP contribution in [0.2, 0.25) is 0 Å². The van der Waals surface area contributed by atoms with Crippen molar-refractivity contribution >= 4 is 11.7 Å². The van der Waals surface area contributed by atoms with Crippen LogP contribution in [0.3, 0.4) is 0 Å². The van der Waals surface area contributed by atoms with E-state index in [-0.39, 0.29) is 12.1 Å². The maximum atomic E-state index is 12.9. The molecule has 25 heavy (non-hydrogen) atoms. The van der Waals surface area contributed by atoms with Crippen molar-refractivity contribution in [2.75, 3.05) is 25.7 Å². The van der Waals surface area contributed by atoms with Crippen LogP contribution < -0.4 is 25.0 Å². The maximum Gasteiger partial charge on any atom is 0.322 e. The van der Waals surface area contributed by atoms with Crippen LogP contribution in [0.5, 0.6) is 11.5 Å². The summed E-state index contributed by atoms with van der Waals surface area (Å²) in [6.07, 6.45) is 3.82. The number of carbonyl (C=O) groups is 1. The van der Waals surface area contributed by atoms with Crippen molar-refractivity contribution in [2.45, 2.75) is 57.7 Å². The average molecular weight is 347 g/mol. The van der Waals surface area contributed by atoms with Crippen LogP contribution in [0.25, 0.3) is 0 Å². The summed E-state index contributed by atoms with van der Waals surface area (Å²) in [7, 11) is 3.26. The van der Waals surface area contributed by atoms with Gasteiger partial charge in [-0.2, -0.15) is 0 Å². The Morgan fingerprint density at radius 2 is 1.80 bits per heavy atom. The van der Waals surface area contributed by atoms with E-state index in [0.29, 0.717) is 23.6 Å². The lowest BCUT2D eigenvalue weighted by atomic mass is 9.95. The quantitative estimate of drug-likeness (QED) is 0.882. The molecule has 2 aliphatic rings. The number of nitrogens with zero attached hydrogens (tertiary/aromatic N) is 1. The van der Waals surface area contributed by atoms with Gasteiger partial charge in [-0.3, -0.25) is 4.90 Å². The number of piperidine rings is 1. The monoisotopic (exact) mass is 347 g/mol. The molecular formula is C19H29N3O3. The minimum Gasteiger partial charge on any atom is -0.493 e. The van der Waals surface area contributed by atoms with Crippen LogP contribution in [0.1, 0.15) is 38.7 Å². The molecule has 0 aliphatic carbocycles. The highest BCUT2D eigenvalue weighted by Crippen LogP contribution is 2.38. The number of benzene rings is 1. The molecule has 2 amide bonds. The zero-order valence-electron chi connectivity index (χ0n) is 15.6. The lowest BCUT2D eigenvalue weighted by Gasteiger charge is -2.36. The number of hydrogen-bond acceptors (Lipinski definition) is 4. The Morgan fingerprint density at radius 1 is 1.16 bits per heavy atom. The lowest BCUT2D eigenvalue weighted by molar-refractivity contribution is 0.230. The van der Waals surface area contributed by atoms with Gasteiger partial charge in [0.25, 0.3) is 0 Å². The van der Waals surface area contributed by atoms with Gasteiger partial charge in [0.1, 0.15) is 0 Å². The van der Waals surface area contributed by atoms with Crippen LogP contribution in [0.4, 0.5) is 10.5 Å². The van der Waals surface area contributed by atoms with Gasteiger partial charge in [0, 0.05) is 30.7 Å². The number of carbonyl (C=O) groups excluding carboxylic acids is 1. The number of aryl methyl sites for hydroxylation is 1. The summed E-state index contributed by atoms with van der Waals surface area (Å²) < 4.78 is 10.8. The van der Waals surface area contributed by atoms with Crippen LogP contribution in [-0.4, -0.2) is 44.9 Å². The number of anilines is 1. The Balaban J connectivity index is 1.78. The Bertz CT molecular complexity index is 625. The Hall–Kier alpha value is -1.95. The van der Waals surface area contributed by atoms with E-state index in [9.17, 15) is 4.79 Å². The van der Waals surface area contributed by atoms with Gasteiger partial charge in [0.2, 0.25) is 0 Å². The van der Waals surface area contributed by atoms with Crippen molar-refractivity contribution in [3.63, 3.8) is 0 Å². The molecule has 2 unspecified atom stereocenters. The molecule has 2 heterocycles. The van der Waals surface area contributed by atoms with E-state index in [1.54, 1.807) is 14.2 Å². The fraction of sp³-hybridized carbons (Fsp3) is 0.632. The summed E-state index contributed by atoms with van der Waals surface area (Å²) in [5.41, 5.74) is 2.06. The van der Waals surface area contributed by atoms with Crippen molar-refractivity contribution in [1.29, 1.82) is 0 Å². The van der Waals surface area contributed by atoms with Crippen molar-refractivity contribution in [3.8, 4) is 11.5 Å². The molecule has 3 rings (SSSR count). The topological polar surface area (TPSA) is 62.8 Å². The number of amides is 2. The summed E-state index contributed by atoms with van der Waals surface area (Å²) >= 11 is 0. The summed E-state index contributed by atoms with van der Waals surface area (Å²) in [6, 6.07) is 4.95. The second-order valence-corrected chi connectivity index (χ2v) is 7.18. The van der Waals surface area contributed by atoms with Crippen molar-refractivity contribution in [2.24, 2.45) is 0 Å². The molecule has 2 aliphatic heterocycles. The smallest absolute Gasteiger partial charge is 0.322 e. The predicted octanol–water partition coefficient (Wildman–Crippen LogP) is 2.70. The molecule has 0 bridgehead atoms. The van der Waals surface area contributed by atoms with Gasteiger partial charge in [-0.1, -0.05) is 0 Å². The van der Waals surface area contributed by atoms with Crippen LogP contribution in [0.15, 0.2) is 12.1 Å². The fourth-order valence-corrected chi connectivity index (χ4v) is 4.06. The van der Waals surface area contributed by atoms with E-state index >= 15 is 0 Å². The molecule has 2 N–H and O–H groups in total. The third-order valence-corrected chi connectivity index (χ3v) is 5.12. The first kappa shape index (κ1) is 17.9. The van der Waals surface area contributed by atoms with Gasteiger partial charge < -0.3 is 20.1 Å². The predicted molar refractivity (Wildman–Crippen MR) is 98.8 cm³/mol. The minimum atomic E-state index is -0.0144. The van der Waals surface area contributed by atoms with Gasteiger partial charge in [-0.05, 0) is 51.2 Å². The second-order valence-electron chi connectivity index (χ2n) is 7.18. The summed E-state index contributed by atoms with van der Waals surface area (Å²) in [5, 5.41) is 6.74. The lowest BCUT2D eigenvalue weighted by Crippen LogP contribution is -2.54. The average Bonchev–Trinajstić information content (AvgIpc) is 2.58. The first-order valence-corrected chi connectivity index (χ1v) is 9.10. The van der Waals surface area contributed by atoms with E-state index in [1.807, 2.05) is 17.0 Å². The zero-order chi connectivity index (χ0) is 18.0. The molecule has 1 aromatic rings.